The van der Waals surface area contributed by atoms with Crippen LogP contribution in [0.4, 0.5) is 4.39 Å². The van der Waals surface area contributed by atoms with E-state index in [-0.39, 0.29) is 10.7 Å². The topological polar surface area (TPSA) is 62.3 Å². The van der Waals surface area contributed by atoms with Gasteiger partial charge in [-0.05, 0) is 48.4 Å². The number of aromatic nitrogens is 1. The van der Waals surface area contributed by atoms with Crippen molar-refractivity contribution < 1.29 is 12.8 Å². The monoisotopic (exact) mass is 385 g/mol. The van der Waals surface area contributed by atoms with E-state index in [0.29, 0.717) is 36.1 Å². The highest BCUT2D eigenvalue weighted by Gasteiger charge is 2.35. The van der Waals surface area contributed by atoms with Gasteiger partial charge >= 0.3 is 0 Å². The van der Waals surface area contributed by atoms with Gasteiger partial charge in [-0.3, -0.25) is 4.98 Å². The summed E-state index contributed by atoms with van der Waals surface area (Å²) in [5, 5.41) is 3.82. The lowest BCUT2D eigenvalue weighted by atomic mass is 10.1. The van der Waals surface area contributed by atoms with Crippen LogP contribution in [-0.2, 0) is 10.0 Å². The van der Waals surface area contributed by atoms with Crippen molar-refractivity contribution in [1.82, 2.24) is 14.6 Å². The predicted molar refractivity (Wildman–Crippen MR) is 102 cm³/mol. The number of aryl methyl sites for hydroxylation is 1. The van der Waals surface area contributed by atoms with Gasteiger partial charge < -0.3 is 5.32 Å². The second-order valence-corrected chi connectivity index (χ2v) is 8.53. The van der Waals surface area contributed by atoms with Crippen LogP contribution in [0.25, 0.3) is 10.9 Å². The minimum atomic E-state index is -3.78. The Labute approximate surface area is 157 Å². The lowest BCUT2D eigenvalue weighted by Crippen LogP contribution is -2.48. The molecule has 1 aromatic heterocycles. The van der Waals surface area contributed by atoms with Gasteiger partial charge in [-0.2, -0.15) is 4.31 Å². The van der Waals surface area contributed by atoms with Crippen LogP contribution in [0.5, 0.6) is 0 Å². The molecule has 0 bridgehead atoms. The number of piperazine rings is 1. The van der Waals surface area contributed by atoms with E-state index in [1.54, 1.807) is 42.6 Å². The van der Waals surface area contributed by atoms with Crippen LogP contribution in [0, 0.1) is 12.7 Å². The minimum absolute atomic E-state index is 0.236. The van der Waals surface area contributed by atoms with Gasteiger partial charge in [0, 0.05) is 31.2 Å². The third-order valence-corrected chi connectivity index (χ3v) is 6.91. The maximum atomic E-state index is 13.7. The number of sulfonamides is 1. The molecule has 1 atom stereocenters. The lowest BCUT2D eigenvalue weighted by Gasteiger charge is -2.35. The zero-order valence-electron chi connectivity index (χ0n) is 14.9. The predicted octanol–water partition coefficient (Wildman–Crippen LogP) is 3.02. The van der Waals surface area contributed by atoms with Gasteiger partial charge in [-0.15, -0.1) is 0 Å². The van der Waals surface area contributed by atoms with E-state index < -0.39 is 16.1 Å². The van der Waals surface area contributed by atoms with Gasteiger partial charge in [-0.25, -0.2) is 12.8 Å². The highest BCUT2D eigenvalue weighted by molar-refractivity contribution is 7.89. The first-order valence-corrected chi connectivity index (χ1v) is 10.2. The SMILES string of the molecule is Cc1ccc(S(=O)(=O)N2CCNCC2c2cccc(F)c2)c2cccnc12. The molecule has 1 N–H and O–H groups in total. The molecule has 2 aromatic carbocycles. The Hall–Kier alpha value is -2.35. The van der Waals surface area contributed by atoms with Gasteiger partial charge in [0.05, 0.1) is 16.5 Å². The quantitative estimate of drug-likeness (QED) is 0.753. The first-order valence-electron chi connectivity index (χ1n) is 8.81. The molecule has 2 heterocycles. The summed E-state index contributed by atoms with van der Waals surface area (Å²) in [6.45, 7) is 3.21. The first kappa shape index (κ1) is 18.0. The van der Waals surface area contributed by atoms with Crippen molar-refractivity contribution in [2.24, 2.45) is 0 Å². The van der Waals surface area contributed by atoms with E-state index in [0.717, 1.165) is 5.56 Å². The fourth-order valence-electron chi connectivity index (χ4n) is 3.61. The fourth-order valence-corrected chi connectivity index (χ4v) is 5.41. The summed E-state index contributed by atoms with van der Waals surface area (Å²) in [5.74, 6) is -0.375. The van der Waals surface area contributed by atoms with E-state index in [1.165, 1.54) is 16.4 Å². The van der Waals surface area contributed by atoms with E-state index in [9.17, 15) is 12.8 Å². The highest BCUT2D eigenvalue weighted by Crippen LogP contribution is 2.32. The summed E-state index contributed by atoms with van der Waals surface area (Å²) < 4.78 is 42.3. The van der Waals surface area contributed by atoms with Crippen LogP contribution in [-0.4, -0.2) is 37.3 Å². The van der Waals surface area contributed by atoms with Crippen molar-refractivity contribution in [1.29, 1.82) is 0 Å². The molecule has 1 saturated heterocycles. The average molecular weight is 385 g/mol. The number of halogens is 1. The lowest BCUT2D eigenvalue weighted by molar-refractivity contribution is 0.271. The van der Waals surface area contributed by atoms with Crippen LogP contribution >= 0.6 is 0 Å². The summed E-state index contributed by atoms with van der Waals surface area (Å²) in [6.07, 6.45) is 1.66. The molecule has 0 radical (unpaired) electrons. The molecular formula is C20H20FN3O2S. The molecule has 1 unspecified atom stereocenters. The Balaban J connectivity index is 1.84. The van der Waals surface area contributed by atoms with Crippen molar-refractivity contribution in [3.8, 4) is 0 Å². The van der Waals surface area contributed by atoms with Crippen molar-refractivity contribution in [2.75, 3.05) is 19.6 Å². The number of hydrogen-bond donors (Lipinski definition) is 1. The zero-order valence-corrected chi connectivity index (χ0v) is 15.7. The molecule has 1 fully saturated rings. The molecule has 1 aliphatic heterocycles. The van der Waals surface area contributed by atoms with Gasteiger partial charge in [0.25, 0.3) is 0 Å². The summed E-state index contributed by atoms with van der Waals surface area (Å²) >= 11 is 0. The van der Waals surface area contributed by atoms with E-state index in [2.05, 4.69) is 10.3 Å². The highest BCUT2D eigenvalue weighted by atomic mass is 32.2. The van der Waals surface area contributed by atoms with E-state index in [4.69, 9.17) is 0 Å². The maximum Gasteiger partial charge on any atom is 0.244 e. The first-order chi connectivity index (χ1) is 13.0. The number of nitrogens with zero attached hydrogens (tertiary/aromatic N) is 2. The summed E-state index contributed by atoms with van der Waals surface area (Å²) in [4.78, 5) is 4.58. The van der Waals surface area contributed by atoms with Crippen molar-refractivity contribution >= 4 is 20.9 Å². The van der Waals surface area contributed by atoms with Crippen molar-refractivity contribution in [2.45, 2.75) is 17.9 Å². The third-order valence-electron chi connectivity index (χ3n) is 4.95. The van der Waals surface area contributed by atoms with Crippen molar-refractivity contribution in [3.05, 3.63) is 71.7 Å². The maximum absolute atomic E-state index is 13.7. The molecule has 4 rings (SSSR count). The molecule has 0 saturated carbocycles. The molecule has 27 heavy (non-hydrogen) atoms. The largest absolute Gasteiger partial charge is 0.313 e. The normalized spacial score (nSPS) is 18.7. The Morgan fingerprint density at radius 3 is 2.85 bits per heavy atom. The number of benzene rings is 2. The standard InChI is InChI=1S/C20H20FN3O2S/c1-14-7-8-19(17-6-3-9-23-20(14)17)27(25,26)24-11-10-22-13-18(24)15-4-2-5-16(21)12-15/h2-9,12,18,22H,10-11,13H2,1H3. The molecule has 3 aromatic rings. The Morgan fingerprint density at radius 1 is 1.19 bits per heavy atom. The van der Waals surface area contributed by atoms with Crippen LogP contribution in [0.15, 0.2) is 59.6 Å². The minimum Gasteiger partial charge on any atom is -0.313 e. The van der Waals surface area contributed by atoms with Gasteiger partial charge in [0.2, 0.25) is 10.0 Å². The summed E-state index contributed by atoms with van der Waals surface area (Å²) in [5.41, 5.74) is 2.24. The van der Waals surface area contributed by atoms with E-state index in [1.807, 2.05) is 6.92 Å². The van der Waals surface area contributed by atoms with Crippen LogP contribution < -0.4 is 5.32 Å². The summed E-state index contributed by atoms with van der Waals surface area (Å²) in [6, 6.07) is 12.6. The Morgan fingerprint density at radius 2 is 2.04 bits per heavy atom. The number of nitrogens with one attached hydrogen (secondary N) is 1. The fraction of sp³-hybridized carbons (Fsp3) is 0.250. The van der Waals surface area contributed by atoms with Crippen molar-refractivity contribution in [3.63, 3.8) is 0 Å². The number of fused-ring (bicyclic) bond motifs is 1. The molecule has 0 aliphatic carbocycles. The van der Waals surface area contributed by atoms with Crippen LogP contribution in [0.1, 0.15) is 17.2 Å². The Bertz CT molecular complexity index is 1100. The molecule has 1 aliphatic rings. The van der Waals surface area contributed by atoms with Crippen LogP contribution in [0.3, 0.4) is 0 Å². The smallest absolute Gasteiger partial charge is 0.244 e. The van der Waals surface area contributed by atoms with Gasteiger partial charge in [-0.1, -0.05) is 18.2 Å². The molecule has 7 heteroatoms. The zero-order chi connectivity index (χ0) is 19.0. The molecule has 5 nitrogen and oxygen atoms in total. The number of hydrogen-bond acceptors (Lipinski definition) is 4. The molecule has 140 valence electrons. The number of rotatable bonds is 3. The molecule has 0 amide bonds. The second-order valence-electron chi connectivity index (χ2n) is 6.67. The van der Waals surface area contributed by atoms with E-state index >= 15 is 0 Å². The summed E-state index contributed by atoms with van der Waals surface area (Å²) in [7, 11) is -3.78. The third kappa shape index (κ3) is 3.22. The van der Waals surface area contributed by atoms with Crippen LogP contribution in [0.2, 0.25) is 0 Å². The molecule has 0 spiro atoms. The van der Waals surface area contributed by atoms with Gasteiger partial charge in [0.1, 0.15) is 5.82 Å². The average Bonchev–Trinajstić information content (AvgIpc) is 2.68. The Kier molecular flexibility index (Phi) is 4.67. The molecular weight excluding hydrogens is 365 g/mol. The second kappa shape index (κ2) is 6.99. The van der Waals surface area contributed by atoms with Gasteiger partial charge in [0.15, 0.2) is 0 Å². The number of pyridine rings is 1.